The maximum atomic E-state index is 12.5. The molecule has 0 unspecified atom stereocenters. The van der Waals surface area contributed by atoms with E-state index in [0.29, 0.717) is 11.7 Å². The molecule has 7 heteroatoms. The number of carbonyl (C=O) groups is 1. The average molecular weight is 357 g/mol. The van der Waals surface area contributed by atoms with Gasteiger partial charge in [-0.25, -0.2) is 0 Å². The predicted molar refractivity (Wildman–Crippen MR) is 102 cm³/mol. The third-order valence-corrected chi connectivity index (χ3v) is 3.98. The Hall–Kier alpha value is -3.09. The Morgan fingerprint density at radius 1 is 1.15 bits per heavy atom. The van der Waals surface area contributed by atoms with Gasteiger partial charge < -0.3 is 15.4 Å². The van der Waals surface area contributed by atoms with Gasteiger partial charge >= 0.3 is 0 Å². The molecule has 0 aliphatic rings. The number of rotatable bonds is 7. The molecule has 2 N–H and O–H groups in total. The molecule has 0 aromatic heterocycles. The fourth-order valence-electron chi connectivity index (χ4n) is 2.45. The highest BCUT2D eigenvalue weighted by Crippen LogP contribution is 2.29. The van der Waals surface area contributed by atoms with Gasteiger partial charge in [-0.1, -0.05) is 26.0 Å². The van der Waals surface area contributed by atoms with Gasteiger partial charge in [-0.2, -0.15) is 0 Å². The highest BCUT2D eigenvalue weighted by Gasteiger charge is 2.18. The van der Waals surface area contributed by atoms with Gasteiger partial charge in [-0.15, -0.1) is 0 Å². The summed E-state index contributed by atoms with van der Waals surface area (Å²) < 4.78 is 5.16. The summed E-state index contributed by atoms with van der Waals surface area (Å²) >= 11 is 0. The number of ether oxygens (including phenoxy) is 1. The first-order chi connectivity index (χ1) is 12.3. The second kappa shape index (κ2) is 8.33. The van der Waals surface area contributed by atoms with Crippen LogP contribution in [-0.2, 0) is 4.79 Å². The Labute approximate surface area is 152 Å². The van der Waals surface area contributed by atoms with Crippen molar-refractivity contribution in [3.8, 4) is 5.75 Å². The molecule has 2 aromatic carbocycles. The van der Waals surface area contributed by atoms with Crippen LogP contribution in [0.2, 0.25) is 0 Å². The Balaban J connectivity index is 2.13. The third-order valence-electron chi connectivity index (χ3n) is 3.98. The zero-order valence-electron chi connectivity index (χ0n) is 15.3. The molecule has 0 saturated carbocycles. The van der Waals surface area contributed by atoms with Crippen LogP contribution in [0.25, 0.3) is 0 Å². The molecule has 0 heterocycles. The number of hydrogen-bond acceptors (Lipinski definition) is 5. The fraction of sp³-hybridized carbons (Fsp3) is 0.316. The lowest BCUT2D eigenvalue weighted by molar-refractivity contribution is -0.384. The molecule has 0 spiro atoms. The van der Waals surface area contributed by atoms with Crippen LogP contribution in [0.1, 0.15) is 32.3 Å². The second-order valence-corrected chi connectivity index (χ2v) is 6.28. The van der Waals surface area contributed by atoms with Gasteiger partial charge in [0.15, 0.2) is 0 Å². The number of nitrogens with zero attached hydrogens (tertiary/aromatic N) is 1. The van der Waals surface area contributed by atoms with Crippen molar-refractivity contribution in [3.05, 3.63) is 58.1 Å². The number of amides is 1. The number of methoxy groups -OCH3 is 1. The second-order valence-electron chi connectivity index (χ2n) is 6.28. The number of nitro benzene ring substituents is 1. The highest BCUT2D eigenvalue weighted by atomic mass is 16.6. The zero-order chi connectivity index (χ0) is 19.3. The van der Waals surface area contributed by atoms with E-state index in [4.69, 9.17) is 4.74 Å². The van der Waals surface area contributed by atoms with Crippen LogP contribution in [0.15, 0.2) is 42.5 Å². The summed E-state index contributed by atoms with van der Waals surface area (Å²) in [4.78, 5) is 22.9. The first-order valence-corrected chi connectivity index (χ1v) is 8.31. The minimum atomic E-state index is -0.540. The van der Waals surface area contributed by atoms with Crippen LogP contribution >= 0.6 is 0 Å². The Morgan fingerprint density at radius 2 is 1.88 bits per heavy atom. The van der Waals surface area contributed by atoms with Crippen LogP contribution in [0.4, 0.5) is 17.1 Å². The fourth-order valence-corrected chi connectivity index (χ4v) is 2.45. The number of hydrogen-bond donors (Lipinski definition) is 2. The largest absolute Gasteiger partial charge is 0.495 e. The molecule has 0 aliphatic carbocycles. The van der Waals surface area contributed by atoms with Crippen LogP contribution < -0.4 is 15.4 Å². The molecule has 0 radical (unpaired) electrons. The van der Waals surface area contributed by atoms with Gasteiger partial charge in [0.2, 0.25) is 5.91 Å². The third kappa shape index (κ3) is 4.72. The summed E-state index contributed by atoms with van der Waals surface area (Å²) in [6.07, 6.45) is 0. The van der Waals surface area contributed by atoms with Crippen molar-refractivity contribution in [2.75, 3.05) is 17.7 Å². The molecule has 2 rings (SSSR count). The maximum absolute atomic E-state index is 12.5. The molecule has 0 saturated heterocycles. The van der Waals surface area contributed by atoms with Crippen molar-refractivity contribution in [2.45, 2.75) is 32.7 Å². The first kappa shape index (κ1) is 19.2. The summed E-state index contributed by atoms with van der Waals surface area (Å²) in [7, 11) is 1.44. The molecule has 138 valence electrons. The highest BCUT2D eigenvalue weighted by molar-refractivity contribution is 5.97. The smallest absolute Gasteiger partial charge is 0.271 e. The van der Waals surface area contributed by atoms with E-state index in [-0.39, 0.29) is 17.3 Å². The van der Waals surface area contributed by atoms with E-state index in [2.05, 4.69) is 24.5 Å². The van der Waals surface area contributed by atoms with Crippen molar-refractivity contribution in [1.29, 1.82) is 0 Å². The number of carbonyl (C=O) groups excluding carboxylic acids is 1. The Morgan fingerprint density at radius 3 is 2.50 bits per heavy atom. The van der Waals surface area contributed by atoms with Gasteiger partial charge in [0.1, 0.15) is 11.8 Å². The number of benzene rings is 2. The minimum absolute atomic E-state index is 0.119. The standard InChI is InChI=1S/C19H23N3O4/c1-12(2)14-6-5-7-15(10-14)20-13(3)19(23)21-17-11-16(22(24)25)8-9-18(17)26-4/h5-13,20H,1-4H3,(H,21,23)/t13-/m0/s1. The molecule has 26 heavy (non-hydrogen) atoms. The molecule has 0 bridgehead atoms. The quantitative estimate of drug-likeness (QED) is 0.573. The molecular weight excluding hydrogens is 334 g/mol. The molecule has 1 atom stereocenters. The number of non-ortho nitro benzene ring substituents is 1. The summed E-state index contributed by atoms with van der Waals surface area (Å²) in [5.74, 6) is 0.423. The van der Waals surface area contributed by atoms with Crippen LogP contribution in [-0.4, -0.2) is 24.0 Å². The molecule has 7 nitrogen and oxygen atoms in total. The zero-order valence-corrected chi connectivity index (χ0v) is 15.3. The maximum Gasteiger partial charge on any atom is 0.271 e. The van der Waals surface area contributed by atoms with Crippen molar-refractivity contribution < 1.29 is 14.5 Å². The molecule has 0 fully saturated rings. The lowest BCUT2D eigenvalue weighted by Crippen LogP contribution is -2.32. The number of nitro groups is 1. The lowest BCUT2D eigenvalue weighted by Gasteiger charge is -2.17. The van der Waals surface area contributed by atoms with Gasteiger partial charge in [0.25, 0.3) is 5.69 Å². The van der Waals surface area contributed by atoms with Crippen molar-refractivity contribution in [3.63, 3.8) is 0 Å². The van der Waals surface area contributed by atoms with E-state index in [1.165, 1.54) is 30.9 Å². The van der Waals surface area contributed by atoms with Crippen molar-refractivity contribution >= 4 is 23.0 Å². The first-order valence-electron chi connectivity index (χ1n) is 8.31. The topological polar surface area (TPSA) is 93.5 Å². The monoisotopic (exact) mass is 357 g/mol. The SMILES string of the molecule is COc1ccc([N+](=O)[O-])cc1NC(=O)[C@H](C)Nc1cccc(C(C)C)c1. The van der Waals surface area contributed by atoms with E-state index in [1.54, 1.807) is 6.92 Å². The normalized spacial score (nSPS) is 11.7. The molecule has 1 amide bonds. The Kier molecular flexibility index (Phi) is 6.16. The lowest BCUT2D eigenvalue weighted by atomic mass is 10.0. The Bertz CT molecular complexity index is 805. The summed E-state index contributed by atoms with van der Waals surface area (Å²) in [5.41, 5.74) is 2.15. The molecule has 2 aromatic rings. The van der Waals surface area contributed by atoms with Crippen LogP contribution in [0, 0.1) is 10.1 Å². The number of nitrogens with one attached hydrogen (secondary N) is 2. The van der Waals surface area contributed by atoms with E-state index in [0.717, 1.165) is 5.69 Å². The molecular formula is C19H23N3O4. The van der Waals surface area contributed by atoms with E-state index < -0.39 is 11.0 Å². The van der Waals surface area contributed by atoms with Crippen molar-refractivity contribution in [2.24, 2.45) is 0 Å². The number of anilines is 2. The van der Waals surface area contributed by atoms with Gasteiger partial charge in [0.05, 0.1) is 17.7 Å². The molecule has 0 aliphatic heterocycles. The minimum Gasteiger partial charge on any atom is -0.495 e. The average Bonchev–Trinajstić information content (AvgIpc) is 2.61. The summed E-state index contributed by atoms with van der Waals surface area (Å²) in [5, 5.41) is 16.8. The summed E-state index contributed by atoms with van der Waals surface area (Å²) in [6.45, 7) is 5.93. The van der Waals surface area contributed by atoms with Crippen LogP contribution in [0.3, 0.4) is 0 Å². The van der Waals surface area contributed by atoms with E-state index in [9.17, 15) is 14.9 Å². The van der Waals surface area contributed by atoms with E-state index >= 15 is 0 Å². The van der Waals surface area contributed by atoms with Crippen molar-refractivity contribution in [1.82, 2.24) is 0 Å². The van der Waals surface area contributed by atoms with E-state index in [1.807, 2.05) is 24.3 Å². The summed E-state index contributed by atoms with van der Waals surface area (Å²) in [6, 6.07) is 11.4. The van der Waals surface area contributed by atoms with Crippen LogP contribution in [0.5, 0.6) is 5.75 Å². The van der Waals surface area contributed by atoms with Gasteiger partial charge in [-0.05, 0) is 36.6 Å². The predicted octanol–water partition coefficient (Wildman–Crippen LogP) is 4.17. The van der Waals surface area contributed by atoms with Gasteiger partial charge in [-0.3, -0.25) is 14.9 Å². The van der Waals surface area contributed by atoms with Gasteiger partial charge in [0, 0.05) is 17.8 Å².